The maximum atomic E-state index is 12.2. The van der Waals surface area contributed by atoms with Crippen LogP contribution in [0.4, 0.5) is 17.2 Å². The molecule has 1 heterocycles. The Morgan fingerprint density at radius 2 is 1.52 bits per heavy atom. The third kappa shape index (κ3) is 4.68. The summed E-state index contributed by atoms with van der Waals surface area (Å²) < 4.78 is 0. The highest BCUT2D eigenvalue weighted by Crippen LogP contribution is 2.20. The second kappa shape index (κ2) is 9.01. The molecule has 0 aliphatic heterocycles. The number of hydrogen-bond donors (Lipinski definition) is 1. The van der Waals surface area contributed by atoms with Gasteiger partial charge in [-0.05, 0) is 64.1 Å². The first-order valence-electron chi connectivity index (χ1n) is 8.87. The third-order valence-electron chi connectivity index (χ3n) is 4.20. The Morgan fingerprint density at radius 1 is 0.880 bits per heavy atom. The van der Waals surface area contributed by atoms with Gasteiger partial charge in [-0.1, -0.05) is 0 Å². The van der Waals surface area contributed by atoms with Crippen LogP contribution in [0.5, 0.6) is 0 Å². The number of rotatable bonds is 8. The van der Waals surface area contributed by atoms with Crippen molar-refractivity contribution in [2.24, 2.45) is 0 Å². The second-order valence-corrected chi connectivity index (χ2v) is 5.63. The summed E-state index contributed by atoms with van der Waals surface area (Å²) in [7, 11) is 0. The first kappa shape index (κ1) is 18.7. The van der Waals surface area contributed by atoms with Gasteiger partial charge in [0, 0.05) is 37.6 Å². The van der Waals surface area contributed by atoms with Crippen LogP contribution in [0.15, 0.2) is 36.4 Å². The summed E-state index contributed by atoms with van der Waals surface area (Å²) in [6.07, 6.45) is 0. The lowest BCUT2D eigenvalue weighted by Gasteiger charge is -2.21. The molecule has 134 valence electrons. The number of nitrogens with zero attached hydrogens (tertiary/aromatic N) is 4. The van der Waals surface area contributed by atoms with Gasteiger partial charge in [0.15, 0.2) is 11.5 Å². The Kier molecular flexibility index (Phi) is 6.74. The van der Waals surface area contributed by atoms with Crippen LogP contribution in [0.1, 0.15) is 38.2 Å². The molecular weight excluding hydrogens is 314 g/mol. The van der Waals surface area contributed by atoms with Crippen LogP contribution in [0, 0.1) is 0 Å². The third-order valence-corrected chi connectivity index (χ3v) is 4.20. The minimum Gasteiger partial charge on any atom is -0.372 e. The van der Waals surface area contributed by atoms with Gasteiger partial charge in [-0.3, -0.25) is 4.79 Å². The lowest BCUT2D eigenvalue weighted by Crippen LogP contribution is -2.31. The standard InChI is InChI=1S/C19H27N5O/c1-5-23(6-2)16-11-9-15(10-12-16)20-18-14-13-17(21-22-18)19(25)24(7-3)8-4/h9-14H,5-8H2,1-4H3,(H,20,22). The summed E-state index contributed by atoms with van der Waals surface area (Å²) in [6.45, 7) is 11.5. The molecule has 1 N–H and O–H groups in total. The Labute approximate surface area is 149 Å². The fourth-order valence-corrected chi connectivity index (χ4v) is 2.68. The number of benzene rings is 1. The Bertz CT molecular complexity index is 661. The van der Waals surface area contributed by atoms with Crippen molar-refractivity contribution in [3.8, 4) is 0 Å². The molecule has 0 atom stereocenters. The summed E-state index contributed by atoms with van der Waals surface area (Å²) in [6, 6.07) is 11.7. The number of carbonyl (C=O) groups is 1. The molecule has 0 bridgehead atoms. The highest BCUT2D eigenvalue weighted by molar-refractivity contribution is 5.92. The van der Waals surface area contributed by atoms with Crippen LogP contribution in [-0.2, 0) is 0 Å². The molecule has 0 saturated carbocycles. The van der Waals surface area contributed by atoms with E-state index in [0.29, 0.717) is 24.6 Å². The van der Waals surface area contributed by atoms with Crippen LogP contribution in [-0.4, -0.2) is 47.2 Å². The first-order valence-corrected chi connectivity index (χ1v) is 8.87. The fourth-order valence-electron chi connectivity index (χ4n) is 2.68. The lowest BCUT2D eigenvalue weighted by molar-refractivity contribution is 0.0766. The van der Waals surface area contributed by atoms with Crippen LogP contribution >= 0.6 is 0 Å². The smallest absolute Gasteiger partial charge is 0.274 e. The quantitative estimate of drug-likeness (QED) is 0.795. The predicted molar refractivity (Wildman–Crippen MR) is 103 cm³/mol. The fraction of sp³-hybridized carbons (Fsp3) is 0.421. The van der Waals surface area contributed by atoms with E-state index in [0.717, 1.165) is 18.8 Å². The van der Waals surface area contributed by atoms with Gasteiger partial charge in [0.05, 0.1) is 0 Å². The molecule has 0 unspecified atom stereocenters. The van der Waals surface area contributed by atoms with Crippen LogP contribution in [0.2, 0.25) is 0 Å². The Morgan fingerprint density at radius 3 is 2.00 bits per heavy atom. The van der Waals surface area contributed by atoms with E-state index in [9.17, 15) is 4.79 Å². The zero-order chi connectivity index (χ0) is 18.2. The van der Waals surface area contributed by atoms with E-state index in [4.69, 9.17) is 0 Å². The van der Waals surface area contributed by atoms with Gasteiger partial charge in [-0.2, -0.15) is 0 Å². The van der Waals surface area contributed by atoms with Crippen LogP contribution in [0.25, 0.3) is 0 Å². The van der Waals surface area contributed by atoms with Crippen LogP contribution < -0.4 is 10.2 Å². The zero-order valence-electron chi connectivity index (χ0n) is 15.5. The molecule has 0 spiro atoms. The minimum atomic E-state index is -0.0902. The maximum absolute atomic E-state index is 12.2. The van der Waals surface area contributed by atoms with Gasteiger partial charge in [0.2, 0.25) is 0 Å². The summed E-state index contributed by atoms with van der Waals surface area (Å²) in [5.41, 5.74) is 2.50. The molecule has 2 aromatic rings. The summed E-state index contributed by atoms with van der Waals surface area (Å²) in [5, 5.41) is 11.4. The van der Waals surface area contributed by atoms with Gasteiger partial charge < -0.3 is 15.1 Å². The first-order chi connectivity index (χ1) is 12.1. The summed E-state index contributed by atoms with van der Waals surface area (Å²) in [4.78, 5) is 16.2. The molecule has 0 aliphatic carbocycles. The van der Waals surface area contributed by atoms with Crippen molar-refractivity contribution in [2.45, 2.75) is 27.7 Å². The van der Waals surface area contributed by atoms with Crippen molar-refractivity contribution in [1.29, 1.82) is 0 Å². The van der Waals surface area contributed by atoms with Gasteiger partial charge >= 0.3 is 0 Å². The molecule has 25 heavy (non-hydrogen) atoms. The molecule has 0 fully saturated rings. The van der Waals surface area contributed by atoms with E-state index >= 15 is 0 Å². The van der Waals surface area contributed by atoms with Crippen LogP contribution in [0.3, 0.4) is 0 Å². The Balaban J connectivity index is 2.05. The van der Waals surface area contributed by atoms with E-state index in [1.165, 1.54) is 5.69 Å². The van der Waals surface area contributed by atoms with Crippen molar-refractivity contribution >= 4 is 23.1 Å². The van der Waals surface area contributed by atoms with Crippen molar-refractivity contribution in [3.05, 3.63) is 42.1 Å². The number of anilines is 3. The van der Waals surface area contributed by atoms with Crippen molar-refractivity contribution in [2.75, 3.05) is 36.4 Å². The number of hydrogen-bond acceptors (Lipinski definition) is 5. The van der Waals surface area contributed by atoms with E-state index in [1.54, 1.807) is 17.0 Å². The Hall–Kier alpha value is -2.63. The molecule has 2 rings (SSSR count). The summed E-state index contributed by atoms with van der Waals surface area (Å²) in [5.74, 6) is 0.527. The molecule has 1 aromatic carbocycles. The molecule has 0 aliphatic rings. The van der Waals surface area contributed by atoms with E-state index in [-0.39, 0.29) is 5.91 Å². The SMILES string of the molecule is CCN(CC)C(=O)c1ccc(Nc2ccc(N(CC)CC)cc2)nn1. The lowest BCUT2D eigenvalue weighted by atomic mass is 10.2. The van der Waals surface area contributed by atoms with Gasteiger partial charge in [-0.25, -0.2) is 0 Å². The van der Waals surface area contributed by atoms with Crippen molar-refractivity contribution < 1.29 is 4.79 Å². The zero-order valence-corrected chi connectivity index (χ0v) is 15.5. The molecule has 1 amide bonds. The average Bonchev–Trinajstić information content (AvgIpc) is 2.65. The molecule has 6 heteroatoms. The normalized spacial score (nSPS) is 10.4. The van der Waals surface area contributed by atoms with E-state index < -0.39 is 0 Å². The molecule has 6 nitrogen and oxygen atoms in total. The maximum Gasteiger partial charge on any atom is 0.274 e. The van der Waals surface area contributed by atoms with Gasteiger partial charge in [0.25, 0.3) is 5.91 Å². The minimum absolute atomic E-state index is 0.0902. The monoisotopic (exact) mass is 341 g/mol. The molecule has 0 radical (unpaired) electrons. The number of carbonyl (C=O) groups excluding carboxylic acids is 1. The van der Waals surface area contributed by atoms with Crippen molar-refractivity contribution in [1.82, 2.24) is 15.1 Å². The molecule has 0 saturated heterocycles. The number of nitrogens with one attached hydrogen (secondary N) is 1. The molecule has 1 aromatic heterocycles. The number of aromatic nitrogens is 2. The average molecular weight is 341 g/mol. The topological polar surface area (TPSA) is 61.4 Å². The number of amides is 1. The predicted octanol–water partition coefficient (Wildman–Crippen LogP) is 3.55. The van der Waals surface area contributed by atoms with Crippen molar-refractivity contribution in [3.63, 3.8) is 0 Å². The second-order valence-electron chi connectivity index (χ2n) is 5.63. The van der Waals surface area contributed by atoms with Gasteiger partial charge in [-0.15, -0.1) is 10.2 Å². The van der Waals surface area contributed by atoms with E-state index in [2.05, 4.69) is 46.4 Å². The van der Waals surface area contributed by atoms with Gasteiger partial charge in [0.1, 0.15) is 0 Å². The molecular formula is C19H27N5O. The highest BCUT2D eigenvalue weighted by atomic mass is 16.2. The van der Waals surface area contributed by atoms with E-state index in [1.807, 2.05) is 26.0 Å². The largest absolute Gasteiger partial charge is 0.372 e. The summed E-state index contributed by atoms with van der Waals surface area (Å²) >= 11 is 0. The highest BCUT2D eigenvalue weighted by Gasteiger charge is 2.14.